The first-order valence-corrected chi connectivity index (χ1v) is 8.45. The lowest BCUT2D eigenvalue weighted by Crippen LogP contribution is -2.38. The first kappa shape index (κ1) is 14.5. The number of hydrogen-bond acceptors (Lipinski definition) is 4. The van der Waals surface area contributed by atoms with E-state index in [1.165, 1.54) is 0 Å². The van der Waals surface area contributed by atoms with Gasteiger partial charge < -0.3 is 9.64 Å². The van der Waals surface area contributed by atoms with Crippen LogP contribution in [0.15, 0.2) is 23.1 Å². The largest absolute Gasteiger partial charge is 0.381 e. The number of amides is 1. The van der Waals surface area contributed by atoms with Gasteiger partial charge in [-0.1, -0.05) is 0 Å². The van der Waals surface area contributed by atoms with Crippen molar-refractivity contribution in [2.45, 2.75) is 30.2 Å². The van der Waals surface area contributed by atoms with Crippen LogP contribution in [0.1, 0.15) is 18.4 Å². The zero-order valence-corrected chi connectivity index (χ0v) is 12.6. The molecule has 6 nitrogen and oxygen atoms in total. The van der Waals surface area contributed by atoms with Gasteiger partial charge in [0.2, 0.25) is 15.9 Å². The summed E-state index contributed by atoms with van der Waals surface area (Å²) in [7, 11) is -1.85. The summed E-state index contributed by atoms with van der Waals surface area (Å²) in [6, 6.07) is 4.76. The van der Waals surface area contributed by atoms with E-state index in [2.05, 4.69) is 4.72 Å². The van der Waals surface area contributed by atoms with E-state index in [-0.39, 0.29) is 23.3 Å². The average Bonchev–Trinajstić information content (AvgIpc) is 2.74. The highest BCUT2D eigenvalue weighted by atomic mass is 32.2. The molecule has 3 rings (SSSR count). The number of hydrogen-bond donors (Lipinski definition) is 1. The van der Waals surface area contributed by atoms with E-state index in [9.17, 15) is 13.2 Å². The standard InChI is InChI=1S/C14H18N2O4S/c1-16-13-3-2-12(8-10(13)9-14(16)17)21(18,19)15-11-4-6-20-7-5-11/h2-3,8,11,15H,4-7,9H2,1H3. The molecule has 2 aliphatic heterocycles. The van der Waals surface area contributed by atoms with Gasteiger partial charge in [-0.15, -0.1) is 0 Å². The molecule has 1 aromatic carbocycles. The maximum Gasteiger partial charge on any atom is 0.240 e. The summed E-state index contributed by atoms with van der Waals surface area (Å²) < 4.78 is 32.8. The Morgan fingerprint density at radius 3 is 2.71 bits per heavy atom. The van der Waals surface area contributed by atoms with Gasteiger partial charge in [0.05, 0.1) is 11.3 Å². The van der Waals surface area contributed by atoms with Crippen LogP contribution in [0.5, 0.6) is 0 Å². The van der Waals surface area contributed by atoms with Crippen molar-refractivity contribution in [1.29, 1.82) is 0 Å². The lowest BCUT2D eigenvalue weighted by atomic mass is 10.1. The molecule has 1 fully saturated rings. The van der Waals surface area contributed by atoms with E-state index in [0.29, 0.717) is 26.1 Å². The number of rotatable bonds is 3. The smallest absolute Gasteiger partial charge is 0.240 e. The molecule has 7 heteroatoms. The quantitative estimate of drug-likeness (QED) is 0.890. The highest BCUT2D eigenvalue weighted by molar-refractivity contribution is 7.89. The first-order chi connectivity index (χ1) is 9.97. The molecule has 21 heavy (non-hydrogen) atoms. The molecule has 114 valence electrons. The Kier molecular flexibility index (Phi) is 3.73. The van der Waals surface area contributed by atoms with Gasteiger partial charge in [0.25, 0.3) is 0 Å². The van der Waals surface area contributed by atoms with Crippen LogP contribution in [0.2, 0.25) is 0 Å². The van der Waals surface area contributed by atoms with Crippen molar-refractivity contribution in [3.63, 3.8) is 0 Å². The molecule has 0 radical (unpaired) electrons. The number of anilines is 1. The topological polar surface area (TPSA) is 75.7 Å². The summed E-state index contributed by atoms with van der Waals surface area (Å²) in [5.74, 6) is -0.0167. The van der Waals surface area contributed by atoms with Crippen molar-refractivity contribution in [2.24, 2.45) is 0 Å². The second-order valence-electron chi connectivity index (χ2n) is 5.43. The molecule has 0 saturated carbocycles. The van der Waals surface area contributed by atoms with Crippen LogP contribution in [-0.2, 0) is 26.0 Å². The van der Waals surface area contributed by atoms with E-state index in [0.717, 1.165) is 11.3 Å². The van der Waals surface area contributed by atoms with Gasteiger partial charge in [0, 0.05) is 32.0 Å². The summed E-state index contributed by atoms with van der Waals surface area (Å²) in [6.07, 6.45) is 1.63. The van der Waals surface area contributed by atoms with E-state index < -0.39 is 10.0 Å². The number of sulfonamides is 1. The summed E-state index contributed by atoms with van der Waals surface area (Å²) in [5.41, 5.74) is 1.54. The van der Waals surface area contributed by atoms with E-state index in [1.54, 1.807) is 30.1 Å². The maximum absolute atomic E-state index is 12.4. The Morgan fingerprint density at radius 2 is 2.00 bits per heavy atom. The van der Waals surface area contributed by atoms with Crippen molar-refractivity contribution in [3.05, 3.63) is 23.8 Å². The maximum atomic E-state index is 12.4. The monoisotopic (exact) mass is 310 g/mol. The third kappa shape index (κ3) is 2.81. The Balaban J connectivity index is 1.83. The Labute approximate surface area is 124 Å². The number of ether oxygens (including phenoxy) is 1. The molecule has 1 amide bonds. The molecule has 1 N–H and O–H groups in total. The summed E-state index contributed by atoms with van der Waals surface area (Å²) in [4.78, 5) is 13.4. The summed E-state index contributed by atoms with van der Waals surface area (Å²) in [6.45, 7) is 1.16. The minimum atomic E-state index is -3.55. The Hall–Kier alpha value is -1.44. The molecule has 1 saturated heterocycles. The van der Waals surface area contributed by atoms with Gasteiger partial charge in [-0.3, -0.25) is 4.79 Å². The number of benzene rings is 1. The third-order valence-electron chi connectivity index (χ3n) is 3.98. The molecule has 2 aliphatic rings. The molecule has 2 heterocycles. The molecule has 0 aliphatic carbocycles. The minimum absolute atomic E-state index is 0.0167. The van der Waals surface area contributed by atoms with Crippen LogP contribution in [0, 0.1) is 0 Å². The number of likely N-dealkylation sites (N-methyl/N-ethyl adjacent to an activating group) is 1. The van der Waals surface area contributed by atoms with E-state index in [4.69, 9.17) is 4.74 Å². The van der Waals surface area contributed by atoms with Gasteiger partial charge in [-0.2, -0.15) is 0 Å². The molecule has 0 unspecified atom stereocenters. The normalized spacial score (nSPS) is 19.9. The van der Waals surface area contributed by atoms with Crippen LogP contribution in [0.25, 0.3) is 0 Å². The zero-order valence-electron chi connectivity index (χ0n) is 11.8. The zero-order chi connectivity index (χ0) is 15.0. The molecule has 0 atom stereocenters. The lowest BCUT2D eigenvalue weighted by Gasteiger charge is -2.23. The molecule has 1 aromatic rings. The van der Waals surface area contributed by atoms with Crippen molar-refractivity contribution in [1.82, 2.24) is 4.72 Å². The highest BCUT2D eigenvalue weighted by Crippen LogP contribution is 2.29. The van der Waals surface area contributed by atoms with Crippen LogP contribution >= 0.6 is 0 Å². The second-order valence-corrected chi connectivity index (χ2v) is 7.14. The third-order valence-corrected chi connectivity index (χ3v) is 5.50. The number of carbonyl (C=O) groups is 1. The second kappa shape index (κ2) is 5.40. The lowest BCUT2D eigenvalue weighted by molar-refractivity contribution is -0.117. The summed E-state index contributed by atoms with van der Waals surface area (Å²) in [5, 5.41) is 0. The van der Waals surface area contributed by atoms with Gasteiger partial charge >= 0.3 is 0 Å². The van der Waals surface area contributed by atoms with Crippen LogP contribution in [0.4, 0.5) is 5.69 Å². The van der Waals surface area contributed by atoms with Crippen LogP contribution in [0.3, 0.4) is 0 Å². The number of carbonyl (C=O) groups excluding carboxylic acids is 1. The van der Waals surface area contributed by atoms with Crippen LogP contribution < -0.4 is 9.62 Å². The molecular weight excluding hydrogens is 292 g/mol. The van der Waals surface area contributed by atoms with Gasteiger partial charge in [0.1, 0.15) is 0 Å². The van der Waals surface area contributed by atoms with Crippen molar-refractivity contribution in [2.75, 3.05) is 25.2 Å². The minimum Gasteiger partial charge on any atom is -0.381 e. The van der Waals surface area contributed by atoms with Crippen molar-refractivity contribution >= 4 is 21.6 Å². The molecule has 0 spiro atoms. The van der Waals surface area contributed by atoms with Gasteiger partial charge in [-0.05, 0) is 36.6 Å². The first-order valence-electron chi connectivity index (χ1n) is 6.97. The average molecular weight is 310 g/mol. The number of nitrogens with one attached hydrogen (secondary N) is 1. The molecule has 0 aromatic heterocycles. The Bertz CT molecular complexity index is 666. The number of fused-ring (bicyclic) bond motifs is 1. The van der Waals surface area contributed by atoms with Crippen molar-refractivity contribution in [3.8, 4) is 0 Å². The van der Waals surface area contributed by atoms with Crippen molar-refractivity contribution < 1.29 is 17.9 Å². The highest BCUT2D eigenvalue weighted by Gasteiger charge is 2.27. The Morgan fingerprint density at radius 1 is 1.29 bits per heavy atom. The molecule has 0 bridgehead atoms. The summed E-state index contributed by atoms with van der Waals surface area (Å²) >= 11 is 0. The number of nitrogens with zero attached hydrogens (tertiary/aromatic N) is 1. The van der Waals surface area contributed by atoms with E-state index in [1.807, 2.05) is 0 Å². The SMILES string of the molecule is CN1C(=O)Cc2cc(S(=O)(=O)NC3CCOCC3)ccc21. The predicted molar refractivity (Wildman–Crippen MR) is 77.7 cm³/mol. The fraction of sp³-hybridized carbons (Fsp3) is 0.500. The van der Waals surface area contributed by atoms with E-state index >= 15 is 0 Å². The van der Waals surface area contributed by atoms with Gasteiger partial charge in [0.15, 0.2) is 0 Å². The molecular formula is C14H18N2O4S. The van der Waals surface area contributed by atoms with Crippen LogP contribution in [-0.4, -0.2) is 40.6 Å². The predicted octanol–water partition coefficient (Wildman–Crippen LogP) is 0.663. The van der Waals surface area contributed by atoms with Gasteiger partial charge in [-0.25, -0.2) is 13.1 Å². The fourth-order valence-corrected chi connectivity index (χ4v) is 4.07. The fourth-order valence-electron chi connectivity index (χ4n) is 2.72.